The molecular formula is C27H28N6O. The number of anilines is 2. The topological polar surface area (TPSA) is 97.0 Å². The lowest BCUT2D eigenvalue weighted by Gasteiger charge is -2.32. The summed E-state index contributed by atoms with van der Waals surface area (Å²) in [6.45, 7) is 7.26. The molecule has 5 rings (SSSR count). The molecule has 0 saturated heterocycles. The van der Waals surface area contributed by atoms with Gasteiger partial charge in [0.05, 0.1) is 5.52 Å². The smallest absolute Gasteiger partial charge is 0.242 e. The first-order valence-corrected chi connectivity index (χ1v) is 11.4. The van der Waals surface area contributed by atoms with Gasteiger partial charge in [-0.3, -0.25) is 9.78 Å². The maximum atomic E-state index is 11.8. The summed E-state index contributed by atoms with van der Waals surface area (Å²) in [6.07, 6.45) is 6.23. The van der Waals surface area contributed by atoms with Gasteiger partial charge in [-0.1, -0.05) is 12.1 Å². The minimum Gasteiger partial charge on any atom is -0.372 e. The molecule has 0 spiro atoms. The van der Waals surface area contributed by atoms with Gasteiger partial charge in [0.1, 0.15) is 17.7 Å². The second kappa shape index (κ2) is 8.41. The van der Waals surface area contributed by atoms with Crippen molar-refractivity contribution in [2.24, 2.45) is 5.73 Å². The highest BCUT2D eigenvalue weighted by Crippen LogP contribution is 2.33. The summed E-state index contributed by atoms with van der Waals surface area (Å²) in [5.74, 6) is 0.541. The summed E-state index contributed by atoms with van der Waals surface area (Å²) >= 11 is 0. The Morgan fingerprint density at radius 3 is 2.71 bits per heavy atom. The van der Waals surface area contributed by atoms with Crippen LogP contribution in [0.25, 0.3) is 22.0 Å². The van der Waals surface area contributed by atoms with Crippen molar-refractivity contribution >= 4 is 28.3 Å². The summed E-state index contributed by atoms with van der Waals surface area (Å²) in [5, 5.41) is 4.30. The highest BCUT2D eigenvalue weighted by Gasteiger charge is 2.26. The third-order valence-electron chi connectivity index (χ3n) is 6.49. The Balaban J connectivity index is 1.51. The molecule has 0 atom stereocenters. The molecule has 1 amide bonds. The first kappa shape index (κ1) is 21.8. The van der Waals surface area contributed by atoms with E-state index in [1.54, 1.807) is 26.4 Å². The van der Waals surface area contributed by atoms with E-state index in [1.807, 2.05) is 18.3 Å². The second-order valence-corrected chi connectivity index (χ2v) is 9.40. The summed E-state index contributed by atoms with van der Waals surface area (Å²) in [7, 11) is 0. The molecule has 7 nitrogen and oxygen atoms in total. The molecule has 4 aromatic rings. The van der Waals surface area contributed by atoms with E-state index >= 15 is 0 Å². The Morgan fingerprint density at radius 1 is 1.09 bits per heavy atom. The third-order valence-corrected chi connectivity index (χ3v) is 6.49. The number of hydrogen-bond acceptors (Lipinski definition) is 6. The number of amides is 1. The molecule has 0 aliphatic carbocycles. The van der Waals surface area contributed by atoms with Crippen LogP contribution in [0.5, 0.6) is 0 Å². The Kier molecular flexibility index (Phi) is 5.40. The summed E-state index contributed by atoms with van der Waals surface area (Å²) in [6, 6.07) is 14.6. The van der Waals surface area contributed by atoms with Crippen LogP contribution >= 0.6 is 0 Å². The Hall–Kier alpha value is -4.00. The highest BCUT2D eigenvalue weighted by atomic mass is 16.1. The van der Waals surface area contributed by atoms with Crippen molar-refractivity contribution in [3.63, 3.8) is 0 Å². The van der Waals surface area contributed by atoms with Crippen molar-refractivity contribution in [1.29, 1.82) is 0 Å². The molecule has 3 N–H and O–H groups in total. The molecular weight excluding hydrogens is 424 g/mol. The zero-order valence-electron chi connectivity index (χ0n) is 19.7. The predicted molar refractivity (Wildman–Crippen MR) is 136 cm³/mol. The number of primary amides is 1. The van der Waals surface area contributed by atoms with Gasteiger partial charge in [-0.2, -0.15) is 0 Å². The summed E-state index contributed by atoms with van der Waals surface area (Å²) in [4.78, 5) is 27.6. The van der Waals surface area contributed by atoms with Gasteiger partial charge in [-0.25, -0.2) is 9.97 Å². The number of benzene rings is 2. The highest BCUT2D eigenvalue weighted by molar-refractivity contribution is 5.95. The molecule has 1 aliphatic rings. The van der Waals surface area contributed by atoms with Crippen LogP contribution in [-0.2, 0) is 17.8 Å². The maximum absolute atomic E-state index is 11.8. The van der Waals surface area contributed by atoms with Gasteiger partial charge in [0.25, 0.3) is 0 Å². The minimum atomic E-state index is -0.828. The van der Waals surface area contributed by atoms with Crippen LogP contribution in [-0.4, -0.2) is 32.9 Å². The monoisotopic (exact) mass is 452 g/mol. The van der Waals surface area contributed by atoms with Crippen LogP contribution in [0.1, 0.15) is 30.5 Å². The lowest BCUT2D eigenvalue weighted by molar-refractivity contribution is -0.121. The van der Waals surface area contributed by atoms with Crippen molar-refractivity contribution in [1.82, 2.24) is 15.0 Å². The molecule has 0 bridgehead atoms. The molecule has 0 saturated carbocycles. The quantitative estimate of drug-likeness (QED) is 0.470. The first-order chi connectivity index (χ1) is 16.3. The van der Waals surface area contributed by atoms with E-state index in [4.69, 9.17) is 10.7 Å². The number of fused-ring (bicyclic) bond motifs is 2. The molecule has 2 aromatic carbocycles. The molecule has 0 fully saturated rings. The fourth-order valence-electron chi connectivity index (χ4n) is 4.52. The number of carbonyl (C=O) groups is 1. The normalized spacial score (nSPS) is 13.6. The van der Waals surface area contributed by atoms with Gasteiger partial charge < -0.3 is 16.0 Å². The van der Waals surface area contributed by atoms with Crippen LogP contribution in [0.2, 0.25) is 0 Å². The zero-order chi connectivity index (χ0) is 23.9. The lowest BCUT2D eigenvalue weighted by atomic mass is 9.97. The van der Waals surface area contributed by atoms with Gasteiger partial charge in [-0.05, 0) is 79.8 Å². The number of aromatic nitrogens is 3. The molecule has 0 radical (unpaired) electrons. The maximum Gasteiger partial charge on any atom is 0.242 e. The fraction of sp³-hybridized carbons (Fsp3) is 0.259. The van der Waals surface area contributed by atoms with E-state index in [0.29, 0.717) is 0 Å². The van der Waals surface area contributed by atoms with Crippen LogP contribution < -0.4 is 16.0 Å². The number of rotatable bonds is 5. The van der Waals surface area contributed by atoms with E-state index < -0.39 is 5.54 Å². The standard InChI is InChI=1S/C27H28N6O/c1-17-11-20(19-5-4-9-29-14-19)13-23-24(17)30-16-31-25(23)33-10-8-18-6-7-22(12-21(18)15-33)32-27(2,3)26(28)34/h4-7,9,11-14,16,32H,8,10,15H2,1-3H3,(H2,28,34). The van der Waals surface area contributed by atoms with Crippen molar-refractivity contribution in [2.45, 2.75) is 39.3 Å². The third kappa shape index (κ3) is 4.05. The minimum absolute atomic E-state index is 0.390. The molecule has 2 aromatic heterocycles. The fourth-order valence-corrected chi connectivity index (χ4v) is 4.52. The van der Waals surface area contributed by atoms with Crippen molar-refractivity contribution in [3.8, 4) is 11.1 Å². The molecule has 3 heterocycles. The lowest BCUT2D eigenvalue weighted by Crippen LogP contribution is -2.45. The average Bonchev–Trinajstić information content (AvgIpc) is 2.83. The molecule has 7 heteroatoms. The summed E-state index contributed by atoms with van der Waals surface area (Å²) in [5.41, 5.74) is 12.4. The Bertz CT molecular complexity index is 1380. The van der Waals surface area contributed by atoms with Crippen LogP contribution in [0, 0.1) is 6.92 Å². The van der Waals surface area contributed by atoms with Gasteiger partial charge in [0, 0.05) is 42.1 Å². The van der Waals surface area contributed by atoms with E-state index in [-0.39, 0.29) is 5.91 Å². The van der Waals surface area contributed by atoms with Crippen LogP contribution in [0.15, 0.2) is 61.2 Å². The van der Waals surface area contributed by atoms with Crippen molar-refractivity contribution < 1.29 is 4.79 Å². The second-order valence-electron chi connectivity index (χ2n) is 9.40. The number of nitrogens with two attached hydrogens (primary N) is 1. The van der Waals surface area contributed by atoms with Gasteiger partial charge in [0.15, 0.2) is 0 Å². The predicted octanol–water partition coefficient (Wildman–Crippen LogP) is 4.24. The van der Waals surface area contributed by atoms with Crippen LogP contribution in [0.3, 0.4) is 0 Å². The van der Waals surface area contributed by atoms with Gasteiger partial charge in [0.2, 0.25) is 5.91 Å². The first-order valence-electron chi connectivity index (χ1n) is 11.4. The number of aryl methyl sites for hydroxylation is 1. The largest absolute Gasteiger partial charge is 0.372 e. The van der Waals surface area contributed by atoms with E-state index in [9.17, 15) is 4.79 Å². The van der Waals surface area contributed by atoms with Crippen LogP contribution in [0.4, 0.5) is 11.5 Å². The molecule has 0 unspecified atom stereocenters. The SMILES string of the molecule is Cc1cc(-c2cccnc2)cc2c(N3CCc4ccc(NC(C)(C)C(N)=O)cc4C3)ncnc12. The van der Waals surface area contributed by atoms with E-state index in [1.165, 1.54) is 11.1 Å². The summed E-state index contributed by atoms with van der Waals surface area (Å²) < 4.78 is 0. The Morgan fingerprint density at radius 2 is 1.94 bits per heavy atom. The zero-order valence-corrected chi connectivity index (χ0v) is 19.7. The number of hydrogen-bond donors (Lipinski definition) is 2. The number of nitrogens with zero attached hydrogens (tertiary/aromatic N) is 4. The Labute approximate surface area is 199 Å². The number of carbonyl (C=O) groups excluding carboxylic acids is 1. The molecule has 34 heavy (non-hydrogen) atoms. The van der Waals surface area contributed by atoms with Crippen molar-refractivity contribution in [3.05, 3.63) is 77.9 Å². The van der Waals surface area contributed by atoms with E-state index in [0.717, 1.165) is 58.6 Å². The number of pyridine rings is 1. The average molecular weight is 453 g/mol. The molecule has 172 valence electrons. The van der Waals surface area contributed by atoms with E-state index in [2.05, 4.69) is 57.4 Å². The number of nitrogens with one attached hydrogen (secondary N) is 1. The molecule has 1 aliphatic heterocycles. The van der Waals surface area contributed by atoms with Gasteiger partial charge in [-0.15, -0.1) is 0 Å². The van der Waals surface area contributed by atoms with Gasteiger partial charge >= 0.3 is 0 Å². The van der Waals surface area contributed by atoms with Crippen molar-refractivity contribution in [2.75, 3.05) is 16.8 Å².